The molecule has 0 spiro atoms. The summed E-state index contributed by atoms with van der Waals surface area (Å²) in [6, 6.07) is 0. The zero-order chi connectivity index (χ0) is 18.9. The Balaban J connectivity index is 2.48. The summed E-state index contributed by atoms with van der Waals surface area (Å²) in [4.78, 5) is 32.9. The first kappa shape index (κ1) is 20.9. The zero-order valence-corrected chi connectivity index (χ0v) is 14.7. The van der Waals surface area contributed by atoms with Crippen molar-refractivity contribution in [3.8, 4) is 0 Å². The molecule has 25 heavy (non-hydrogen) atoms. The molecule has 1 rings (SSSR count). The summed E-state index contributed by atoms with van der Waals surface area (Å²) in [6.07, 6.45) is 2.12. The minimum absolute atomic E-state index is 0.00767. The summed E-state index contributed by atoms with van der Waals surface area (Å²) < 4.78 is 45.3. The topological polar surface area (TPSA) is 129 Å². The Morgan fingerprint density at radius 1 is 0.960 bits per heavy atom. The monoisotopic (exact) mass is 380 g/mol. The van der Waals surface area contributed by atoms with Gasteiger partial charge in [-0.2, -0.15) is 12.7 Å². The Morgan fingerprint density at radius 2 is 1.48 bits per heavy atom. The second-order valence-corrected chi connectivity index (χ2v) is 6.46. The van der Waals surface area contributed by atoms with E-state index in [1.54, 1.807) is 0 Å². The number of carbonyl (C=O) groups is 3. The van der Waals surface area contributed by atoms with Crippen molar-refractivity contribution in [2.75, 3.05) is 39.9 Å². The summed E-state index contributed by atoms with van der Waals surface area (Å²) in [5.74, 6) is -1.74. The maximum Gasteiger partial charge on any atom is 0.332 e. The average Bonchev–Trinajstić information content (AvgIpc) is 2.50. The van der Waals surface area contributed by atoms with Gasteiger partial charge in [0.2, 0.25) is 0 Å². The molecule has 0 aromatic rings. The number of esters is 2. The highest BCUT2D eigenvalue weighted by molar-refractivity contribution is 7.87. The van der Waals surface area contributed by atoms with E-state index in [0.717, 1.165) is 16.6 Å². The van der Waals surface area contributed by atoms with Crippen LogP contribution in [-0.4, -0.2) is 74.8 Å². The molecular weight excluding hydrogens is 360 g/mol. The van der Waals surface area contributed by atoms with E-state index in [1.807, 2.05) is 0 Å². The van der Waals surface area contributed by atoms with E-state index in [9.17, 15) is 22.8 Å². The first-order valence-corrected chi connectivity index (χ1v) is 8.58. The Kier molecular flexibility index (Phi) is 8.31. The first-order chi connectivity index (χ1) is 11.7. The summed E-state index contributed by atoms with van der Waals surface area (Å²) >= 11 is 0. The van der Waals surface area contributed by atoms with E-state index in [2.05, 4.69) is 9.47 Å². The Bertz CT molecular complexity index is 617. The highest BCUT2D eigenvalue weighted by Crippen LogP contribution is 2.15. The number of amides is 1. The summed E-state index contributed by atoms with van der Waals surface area (Å²) in [5, 5.41) is 0. The molecule has 142 valence electrons. The zero-order valence-electron chi connectivity index (χ0n) is 13.9. The lowest BCUT2D eigenvalue weighted by Gasteiger charge is -2.31. The Hall–Kier alpha value is -2.18. The third kappa shape index (κ3) is 7.07. The number of hydrogen-bond donors (Lipinski definition) is 0. The Morgan fingerprint density at radius 3 is 2.00 bits per heavy atom. The molecule has 0 atom stereocenters. The molecule has 1 aliphatic heterocycles. The summed E-state index contributed by atoms with van der Waals surface area (Å²) in [5.41, 5.74) is 0. The van der Waals surface area contributed by atoms with E-state index >= 15 is 0 Å². The number of nitrogens with zero attached hydrogens (tertiary/aromatic N) is 2. The van der Waals surface area contributed by atoms with Gasteiger partial charge in [0.15, 0.2) is 0 Å². The van der Waals surface area contributed by atoms with Crippen LogP contribution in [0.1, 0.15) is 13.8 Å². The van der Waals surface area contributed by atoms with E-state index in [4.69, 9.17) is 9.47 Å². The SMILES string of the molecule is CC(=O)OCCOCN1C=CC(=O)N(COCCOC(C)=O)S1(=O)=O. The largest absolute Gasteiger partial charge is 0.463 e. The third-order valence-electron chi connectivity index (χ3n) is 2.70. The number of rotatable bonds is 10. The minimum atomic E-state index is -4.16. The fraction of sp³-hybridized carbons (Fsp3) is 0.615. The van der Waals surface area contributed by atoms with Gasteiger partial charge < -0.3 is 18.9 Å². The predicted octanol–water partition coefficient (Wildman–Crippen LogP) is -1.04. The molecule has 0 saturated carbocycles. The molecule has 0 radical (unpaired) electrons. The smallest absolute Gasteiger partial charge is 0.332 e. The molecule has 1 aliphatic rings. The molecule has 0 N–H and O–H groups in total. The van der Waals surface area contributed by atoms with Gasteiger partial charge in [0.05, 0.1) is 13.2 Å². The van der Waals surface area contributed by atoms with Crippen LogP contribution in [0.15, 0.2) is 12.3 Å². The van der Waals surface area contributed by atoms with Gasteiger partial charge in [-0.15, -0.1) is 0 Å². The summed E-state index contributed by atoms with van der Waals surface area (Å²) in [7, 11) is -4.16. The maximum atomic E-state index is 12.3. The van der Waals surface area contributed by atoms with E-state index < -0.39 is 34.8 Å². The van der Waals surface area contributed by atoms with Gasteiger partial charge in [-0.25, -0.2) is 4.31 Å². The molecule has 1 amide bonds. The van der Waals surface area contributed by atoms with Gasteiger partial charge in [0.25, 0.3) is 5.91 Å². The lowest BCUT2D eigenvalue weighted by Crippen LogP contribution is -2.49. The molecule has 0 aromatic carbocycles. The molecule has 0 saturated heterocycles. The van der Waals surface area contributed by atoms with Crippen molar-refractivity contribution < 1.29 is 41.7 Å². The fourth-order valence-electron chi connectivity index (χ4n) is 1.58. The van der Waals surface area contributed by atoms with Crippen LogP contribution in [0.3, 0.4) is 0 Å². The quantitative estimate of drug-likeness (QED) is 0.345. The lowest BCUT2D eigenvalue weighted by atomic mass is 10.5. The van der Waals surface area contributed by atoms with Crippen molar-refractivity contribution in [3.63, 3.8) is 0 Å². The standard InChI is InChI=1S/C13H20N2O9S/c1-11(16)23-7-5-21-9-14-4-3-13(18)15(25(14,19)20)10-22-6-8-24-12(2)17/h3-4H,5-10H2,1-2H3. The molecule has 0 fully saturated rings. The average molecular weight is 380 g/mol. The van der Waals surface area contributed by atoms with Gasteiger partial charge in [-0.1, -0.05) is 0 Å². The molecule has 1 heterocycles. The number of carbonyl (C=O) groups excluding carboxylic acids is 3. The number of hydrogen-bond acceptors (Lipinski definition) is 9. The van der Waals surface area contributed by atoms with Crippen LogP contribution in [-0.2, 0) is 43.5 Å². The van der Waals surface area contributed by atoms with Crippen molar-refractivity contribution in [2.45, 2.75) is 13.8 Å². The third-order valence-corrected chi connectivity index (χ3v) is 4.36. The van der Waals surface area contributed by atoms with Crippen molar-refractivity contribution in [3.05, 3.63) is 12.3 Å². The van der Waals surface area contributed by atoms with E-state index in [0.29, 0.717) is 4.31 Å². The molecule has 0 unspecified atom stereocenters. The highest BCUT2D eigenvalue weighted by Gasteiger charge is 2.34. The fourth-order valence-corrected chi connectivity index (χ4v) is 2.75. The molecule has 12 heteroatoms. The van der Waals surface area contributed by atoms with Crippen LogP contribution < -0.4 is 0 Å². The van der Waals surface area contributed by atoms with Crippen molar-refractivity contribution in [1.82, 2.24) is 8.61 Å². The van der Waals surface area contributed by atoms with Gasteiger partial charge in [-0.05, 0) is 0 Å². The minimum Gasteiger partial charge on any atom is -0.463 e. The molecule has 0 aromatic heterocycles. The summed E-state index contributed by atoms with van der Waals surface area (Å²) in [6.45, 7) is 1.42. The van der Waals surface area contributed by atoms with Crippen molar-refractivity contribution in [1.29, 1.82) is 0 Å². The second-order valence-electron chi connectivity index (χ2n) is 4.65. The molecular formula is C13H20N2O9S. The van der Waals surface area contributed by atoms with Crippen molar-refractivity contribution in [2.24, 2.45) is 0 Å². The van der Waals surface area contributed by atoms with E-state index in [-0.39, 0.29) is 33.2 Å². The van der Waals surface area contributed by atoms with Crippen LogP contribution in [0.4, 0.5) is 0 Å². The van der Waals surface area contributed by atoms with E-state index in [1.165, 1.54) is 13.8 Å². The highest BCUT2D eigenvalue weighted by atomic mass is 32.2. The molecule has 0 bridgehead atoms. The first-order valence-electron chi connectivity index (χ1n) is 7.19. The Labute approximate surface area is 145 Å². The number of ether oxygens (including phenoxy) is 4. The van der Waals surface area contributed by atoms with Crippen LogP contribution in [0, 0.1) is 0 Å². The van der Waals surface area contributed by atoms with Gasteiger partial charge in [0, 0.05) is 26.1 Å². The van der Waals surface area contributed by atoms with Crippen molar-refractivity contribution >= 4 is 28.1 Å². The predicted molar refractivity (Wildman–Crippen MR) is 81.6 cm³/mol. The van der Waals surface area contributed by atoms with Gasteiger partial charge >= 0.3 is 22.1 Å². The second kappa shape index (κ2) is 9.96. The maximum absolute atomic E-state index is 12.3. The molecule has 0 aliphatic carbocycles. The molecule has 11 nitrogen and oxygen atoms in total. The van der Waals surface area contributed by atoms with Crippen LogP contribution in [0.25, 0.3) is 0 Å². The van der Waals surface area contributed by atoms with Gasteiger partial charge in [0.1, 0.15) is 26.7 Å². The van der Waals surface area contributed by atoms with Crippen LogP contribution in [0.5, 0.6) is 0 Å². The van der Waals surface area contributed by atoms with Gasteiger partial charge in [-0.3, -0.25) is 14.4 Å². The normalized spacial score (nSPS) is 16.0. The van der Waals surface area contributed by atoms with Crippen LogP contribution >= 0.6 is 0 Å². The van der Waals surface area contributed by atoms with Crippen LogP contribution in [0.2, 0.25) is 0 Å². The lowest BCUT2D eigenvalue weighted by molar-refractivity contribution is -0.143.